The summed E-state index contributed by atoms with van der Waals surface area (Å²) in [7, 11) is 0. The summed E-state index contributed by atoms with van der Waals surface area (Å²) in [6.07, 6.45) is 16.9. The van der Waals surface area contributed by atoms with Gasteiger partial charge in [-0.25, -0.2) is 0 Å². The van der Waals surface area contributed by atoms with Crippen LogP contribution in [0.2, 0.25) is 0 Å². The zero-order valence-electron chi connectivity index (χ0n) is 14.2. The van der Waals surface area contributed by atoms with Crippen LogP contribution in [0.5, 0.6) is 0 Å². The van der Waals surface area contributed by atoms with Gasteiger partial charge in [-0.2, -0.15) is 0 Å². The Morgan fingerprint density at radius 2 is 1.77 bits per heavy atom. The highest BCUT2D eigenvalue weighted by Gasteiger charge is 2.61. The molecular weight excluding hydrogens is 268 g/mol. The smallest absolute Gasteiger partial charge is 0.136 e. The zero-order chi connectivity index (χ0) is 15.5. The summed E-state index contributed by atoms with van der Waals surface area (Å²) < 4.78 is 0. The van der Waals surface area contributed by atoms with Gasteiger partial charge < -0.3 is 0 Å². The van der Waals surface area contributed by atoms with Crippen LogP contribution < -0.4 is 0 Å². The van der Waals surface area contributed by atoms with Crippen molar-refractivity contribution < 1.29 is 4.79 Å². The lowest BCUT2D eigenvalue weighted by Gasteiger charge is -2.59. The second-order valence-electron chi connectivity index (χ2n) is 9.20. The van der Waals surface area contributed by atoms with Crippen molar-refractivity contribution in [3.8, 4) is 12.3 Å². The zero-order valence-corrected chi connectivity index (χ0v) is 14.2. The fraction of sp³-hybridized carbons (Fsp3) is 0.857. The van der Waals surface area contributed by atoms with Gasteiger partial charge in [-0.05, 0) is 67.1 Å². The molecular formula is C21H30O. The average molecular weight is 298 g/mol. The predicted octanol–water partition coefficient (Wildman–Crippen LogP) is 4.85. The fourth-order valence-corrected chi connectivity index (χ4v) is 7.24. The number of carbonyl (C=O) groups is 1. The highest BCUT2D eigenvalue weighted by atomic mass is 16.1. The molecule has 0 aromatic carbocycles. The minimum atomic E-state index is 0.240. The van der Waals surface area contributed by atoms with Gasteiger partial charge in [-0.3, -0.25) is 4.79 Å². The Morgan fingerprint density at radius 1 is 1.00 bits per heavy atom. The lowest BCUT2D eigenvalue weighted by atomic mass is 9.44. The maximum atomic E-state index is 13.1. The fourth-order valence-electron chi connectivity index (χ4n) is 7.24. The molecule has 4 rings (SSSR count). The van der Waals surface area contributed by atoms with E-state index in [-0.39, 0.29) is 5.41 Å². The Kier molecular flexibility index (Phi) is 3.27. The van der Waals surface area contributed by atoms with Gasteiger partial charge >= 0.3 is 0 Å². The van der Waals surface area contributed by atoms with Crippen molar-refractivity contribution in [1.29, 1.82) is 0 Å². The summed E-state index contributed by atoms with van der Waals surface area (Å²) in [6.45, 7) is 4.92. The first kappa shape index (κ1) is 14.8. The molecule has 0 saturated heterocycles. The second kappa shape index (κ2) is 4.86. The first-order valence-corrected chi connectivity index (χ1v) is 9.49. The van der Waals surface area contributed by atoms with Gasteiger partial charge in [0, 0.05) is 18.3 Å². The molecule has 0 aliphatic heterocycles. The second-order valence-corrected chi connectivity index (χ2v) is 9.20. The third-order valence-electron chi connectivity index (χ3n) is 8.59. The van der Waals surface area contributed by atoms with E-state index in [4.69, 9.17) is 6.42 Å². The number of hydrogen-bond donors (Lipinski definition) is 0. The molecule has 0 bridgehead atoms. The third kappa shape index (κ3) is 1.76. The van der Waals surface area contributed by atoms with E-state index in [0.717, 1.165) is 12.8 Å². The Morgan fingerprint density at radius 3 is 2.55 bits per heavy atom. The Balaban J connectivity index is 1.71. The average Bonchev–Trinajstić information content (AvgIpc) is 2.84. The van der Waals surface area contributed by atoms with E-state index < -0.39 is 0 Å². The van der Waals surface area contributed by atoms with E-state index in [1.807, 2.05) is 0 Å². The monoisotopic (exact) mass is 298 g/mol. The molecule has 1 nitrogen and oxygen atoms in total. The minimum absolute atomic E-state index is 0.240. The van der Waals surface area contributed by atoms with E-state index in [1.165, 1.54) is 44.9 Å². The van der Waals surface area contributed by atoms with Gasteiger partial charge in [0.1, 0.15) is 5.78 Å². The molecule has 0 amide bonds. The van der Waals surface area contributed by atoms with E-state index in [0.29, 0.717) is 40.8 Å². The summed E-state index contributed by atoms with van der Waals surface area (Å²) in [5, 5.41) is 0. The van der Waals surface area contributed by atoms with Crippen molar-refractivity contribution in [3.05, 3.63) is 0 Å². The molecule has 0 radical (unpaired) electrons. The standard InChI is InChI=1S/C21H30O/c1-4-14-8-9-16-19-17(10-12-21(14,16)3)20(2)11-6-5-7-15(20)13-18(19)22/h1,14-17,19H,5-13H2,2-3H3/t14-,15+,16-,17-,19-,20-,21+/m0/s1. The van der Waals surface area contributed by atoms with Gasteiger partial charge in [-0.15, -0.1) is 12.3 Å². The number of rotatable bonds is 0. The van der Waals surface area contributed by atoms with E-state index in [9.17, 15) is 4.79 Å². The van der Waals surface area contributed by atoms with Crippen molar-refractivity contribution in [2.24, 2.45) is 40.4 Å². The van der Waals surface area contributed by atoms with Gasteiger partial charge in [0.05, 0.1) is 0 Å². The van der Waals surface area contributed by atoms with Crippen LogP contribution >= 0.6 is 0 Å². The highest BCUT2D eigenvalue weighted by molar-refractivity contribution is 5.83. The number of hydrogen-bond acceptors (Lipinski definition) is 1. The molecule has 1 heteroatoms. The van der Waals surface area contributed by atoms with Crippen LogP contribution in [0, 0.1) is 52.8 Å². The maximum absolute atomic E-state index is 13.1. The molecule has 120 valence electrons. The van der Waals surface area contributed by atoms with Crippen LogP contribution in [0.1, 0.15) is 71.6 Å². The molecule has 0 unspecified atom stereocenters. The summed E-state index contributed by atoms with van der Waals surface area (Å²) >= 11 is 0. The number of ketones is 1. The molecule has 0 spiro atoms. The van der Waals surface area contributed by atoms with Gasteiger partial charge in [0.15, 0.2) is 0 Å². The largest absolute Gasteiger partial charge is 0.299 e. The number of fused-ring (bicyclic) bond motifs is 5. The van der Waals surface area contributed by atoms with E-state index in [2.05, 4.69) is 19.8 Å². The molecule has 22 heavy (non-hydrogen) atoms. The van der Waals surface area contributed by atoms with Crippen molar-refractivity contribution >= 4 is 5.78 Å². The first-order chi connectivity index (χ1) is 10.5. The molecule has 4 aliphatic rings. The minimum Gasteiger partial charge on any atom is -0.299 e. The predicted molar refractivity (Wildman–Crippen MR) is 89.1 cm³/mol. The van der Waals surface area contributed by atoms with Crippen molar-refractivity contribution in [3.63, 3.8) is 0 Å². The molecule has 7 atom stereocenters. The SMILES string of the molecule is C#C[C@H]1CC[C@H]2[C@@H]3C(=O)C[C@H]4CCCC[C@]4(C)[C@H]3CC[C@]12C. The summed E-state index contributed by atoms with van der Waals surface area (Å²) in [4.78, 5) is 13.1. The van der Waals surface area contributed by atoms with Gasteiger partial charge in [-0.1, -0.05) is 26.7 Å². The number of carbonyl (C=O) groups excluding carboxylic acids is 1. The summed E-state index contributed by atoms with van der Waals surface area (Å²) in [6, 6.07) is 0. The molecule has 0 heterocycles. The van der Waals surface area contributed by atoms with Crippen LogP contribution in [0.4, 0.5) is 0 Å². The molecule has 0 N–H and O–H groups in total. The Hall–Kier alpha value is -0.770. The van der Waals surface area contributed by atoms with Crippen molar-refractivity contribution in [2.45, 2.75) is 71.6 Å². The quantitative estimate of drug-likeness (QED) is 0.584. The third-order valence-corrected chi connectivity index (χ3v) is 8.59. The van der Waals surface area contributed by atoms with Crippen LogP contribution in [0.25, 0.3) is 0 Å². The van der Waals surface area contributed by atoms with Crippen LogP contribution in [0.3, 0.4) is 0 Å². The Labute approximate surface area is 135 Å². The molecule has 4 saturated carbocycles. The maximum Gasteiger partial charge on any atom is 0.136 e. The molecule has 0 aromatic rings. The normalized spacial score (nSPS) is 54.0. The van der Waals surface area contributed by atoms with E-state index in [1.54, 1.807) is 0 Å². The van der Waals surface area contributed by atoms with Gasteiger partial charge in [0.2, 0.25) is 0 Å². The lowest BCUT2D eigenvalue weighted by Crippen LogP contribution is -2.56. The number of Topliss-reactive ketones (excluding diaryl/α,β-unsaturated/α-hetero) is 1. The molecule has 4 fully saturated rings. The van der Waals surface area contributed by atoms with Gasteiger partial charge in [0.25, 0.3) is 0 Å². The summed E-state index contributed by atoms with van der Waals surface area (Å²) in [5.74, 6) is 6.29. The van der Waals surface area contributed by atoms with Crippen LogP contribution in [-0.4, -0.2) is 5.78 Å². The molecule has 0 aromatic heterocycles. The topological polar surface area (TPSA) is 17.1 Å². The van der Waals surface area contributed by atoms with Crippen molar-refractivity contribution in [1.82, 2.24) is 0 Å². The van der Waals surface area contributed by atoms with E-state index >= 15 is 0 Å². The Bertz CT molecular complexity index is 529. The lowest BCUT2D eigenvalue weighted by molar-refractivity contribution is -0.154. The summed E-state index contributed by atoms with van der Waals surface area (Å²) in [5.41, 5.74) is 0.676. The molecule has 4 aliphatic carbocycles. The first-order valence-electron chi connectivity index (χ1n) is 9.49. The van der Waals surface area contributed by atoms with Crippen LogP contribution in [0.15, 0.2) is 0 Å². The highest BCUT2D eigenvalue weighted by Crippen LogP contribution is 2.66. The van der Waals surface area contributed by atoms with Crippen molar-refractivity contribution in [2.75, 3.05) is 0 Å². The van der Waals surface area contributed by atoms with Crippen LogP contribution in [-0.2, 0) is 4.79 Å². The number of terminal acetylenes is 1.